The van der Waals surface area contributed by atoms with Crippen molar-refractivity contribution in [2.75, 3.05) is 13.7 Å². The van der Waals surface area contributed by atoms with Crippen LogP contribution in [0.15, 0.2) is 42.5 Å². The van der Waals surface area contributed by atoms with Crippen molar-refractivity contribution in [1.29, 1.82) is 0 Å². The maximum atomic E-state index is 5.37. The Bertz CT molecular complexity index is 606. The Kier molecular flexibility index (Phi) is 3.86. The van der Waals surface area contributed by atoms with Gasteiger partial charge < -0.3 is 10.1 Å². The molecule has 0 spiro atoms. The zero-order valence-electron chi connectivity index (χ0n) is 12.1. The average molecular weight is 267 g/mol. The molecule has 0 bridgehead atoms. The van der Waals surface area contributed by atoms with Crippen LogP contribution in [0.25, 0.3) is 0 Å². The Hall–Kier alpha value is -1.64. The Morgan fingerprint density at radius 3 is 2.85 bits per heavy atom. The Balaban J connectivity index is 2.06. The molecule has 2 heteroatoms. The highest BCUT2D eigenvalue weighted by molar-refractivity contribution is 5.43. The van der Waals surface area contributed by atoms with E-state index in [1.54, 1.807) is 7.11 Å². The van der Waals surface area contributed by atoms with Gasteiger partial charge >= 0.3 is 0 Å². The van der Waals surface area contributed by atoms with Crippen molar-refractivity contribution in [2.45, 2.75) is 26.0 Å². The van der Waals surface area contributed by atoms with Gasteiger partial charge in [-0.05, 0) is 35.6 Å². The first-order valence-electron chi connectivity index (χ1n) is 7.19. The number of benzene rings is 2. The minimum atomic E-state index is 0.283. The van der Waals surface area contributed by atoms with Gasteiger partial charge in [-0.3, -0.25) is 0 Å². The molecule has 1 unspecified atom stereocenters. The molecule has 0 aliphatic carbocycles. The van der Waals surface area contributed by atoms with Crippen LogP contribution in [-0.2, 0) is 17.8 Å². The van der Waals surface area contributed by atoms with Gasteiger partial charge in [0.05, 0.1) is 12.6 Å². The summed E-state index contributed by atoms with van der Waals surface area (Å²) in [7, 11) is 1.76. The van der Waals surface area contributed by atoms with Crippen LogP contribution in [0.1, 0.15) is 33.9 Å². The second kappa shape index (κ2) is 5.78. The lowest BCUT2D eigenvalue weighted by molar-refractivity contribution is 0.183. The van der Waals surface area contributed by atoms with E-state index in [2.05, 4.69) is 54.7 Å². The summed E-state index contributed by atoms with van der Waals surface area (Å²) >= 11 is 0. The van der Waals surface area contributed by atoms with Gasteiger partial charge in [0.15, 0.2) is 0 Å². The zero-order valence-corrected chi connectivity index (χ0v) is 12.1. The maximum Gasteiger partial charge on any atom is 0.0716 e. The number of nitrogens with one attached hydrogen (secondary N) is 1. The van der Waals surface area contributed by atoms with E-state index in [0.29, 0.717) is 6.61 Å². The molecule has 1 aliphatic rings. The van der Waals surface area contributed by atoms with Crippen LogP contribution in [0.3, 0.4) is 0 Å². The number of aryl methyl sites for hydroxylation is 1. The van der Waals surface area contributed by atoms with Crippen LogP contribution in [0.2, 0.25) is 0 Å². The third-order valence-corrected chi connectivity index (χ3v) is 4.02. The third-order valence-electron chi connectivity index (χ3n) is 4.02. The van der Waals surface area contributed by atoms with Gasteiger partial charge in [0.1, 0.15) is 0 Å². The summed E-state index contributed by atoms with van der Waals surface area (Å²) in [6.45, 7) is 3.82. The zero-order chi connectivity index (χ0) is 13.9. The van der Waals surface area contributed by atoms with Gasteiger partial charge in [-0.25, -0.2) is 0 Å². The lowest BCUT2D eigenvalue weighted by atomic mass is 9.87. The standard InChI is InChI=1S/C18H21NO/c1-13-7-8-17(15(11-13)12-20-2)18-16-6-4-3-5-14(16)9-10-19-18/h3-8,11,18-19H,9-10,12H2,1-2H3. The highest BCUT2D eigenvalue weighted by atomic mass is 16.5. The van der Waals surface area contributed by atoms with E-state index in [9.17, 15) is 0 Å². The number of methoxy groups -OCH3 is 1. The first kappa shape index (κ1) is 13.3. The molecule has 20 heavy (non-hydrogen) atoms. The fourth-order valence-electron chi connectivity index (χ4n) is 3.08. The number of hydrogen-bond donors (Lipinski definition) is 1. The summed E-state index contributed by atoms with van der Waals surface area (Å²) in [6.07, 6.45) is 1.11. The molecule has 2 nitrogen and oxygen atoms in total. The molecule has 0 saturated heterocycles. The van der Waals surface area contributed by atoms with Crippen molar-refractivity contribution in [1.82, 2.24) is 5.32 Å². The summed E-state index contributed by atoms with van der Waals surface area (Å²) in [4.78, 5) is 0. The molecule has 0 saturated carbocycles. The molecular weight excluding hydrogens is 246 g/mol. The predicted octanol–water partition coefficient (Wildman–Crippen LogP) is 3.38. The predicted molar refractivity (Wildman–Crippen MR) is 81.9 cm³/mol. The van der Waals surface area contributed by atoms with Gasteiger partial charge in [-0.2, -0.15) is 0 Å². The molecule has 3 rings (SSSR count). The van der Waals surface area contributed by atoms with Crippen LogP contribution in [-0.4, -0.2) is 13.7 Å². The highest BCUT2D eigenvalue weighted by Crippen LogP contribution is 2.31. The minimum absolute atomic E-state index is 0.283. The molecule has 0 aromatic heterocycles. The largest absolute Gasteiger partial charge is 0.380 e. The van der Waals surface area contributed by atoms with Gasteiger partial charge in [0.2, 0.25) is 0 Å². The van der Waals surface area contributed by atoms with E-state index in [-0.39, 0.29) is 6.04 Å². The third kappa shape index (κ3) is 2.49. The van der Waals surface area contributed by atoms with Crippen LogP contribution in [0.4, 0.5) is 0 Å². The summed E-state index contributed by atoms with van der Waals surface area (Å²) in [6, 6.07) is 15.7. The summed E-state index contributed by atoms with van der Waals surface area (Å²) in [5, 5.41) is 3.65. The fraction of sp³-hybridized carbons (Fsp3) is 0.333. The number of rotatable bonds is 3. The number of fused-ring (bicyclic) bond motifs is 1. The molecule has 0 radical (unpaired) electrons. The molecule has 2 aromatic rings. The van der Waals surface area contributed by atoms with E-state index < -0.39 is 0 Å². The second-order valence-corrected chi connectivity index (χ2v) is 5.47. The molecular formula is C18H21NO. The van der Waals surface area contributed by atoms with Crippen molar-refractivity contribution >= 4 is 0 Å². The van der Waals surface area contributed by atoms with Crippen molar-refractivity contribution in [3.05, 3.63) is 70.3 Å². The smallest absolute Gasteiger partial charge is 0.0716 e. The van der Waals surface area contributed by atoms with Crippen molar-refractivity contribution in [2.24, 2.45) is 0 Å². The van der Waals surface area contributed by atoms with Gasteiger partial charge in [-0.1, -0.05) is 48.0 Å². The van der Waals surface area contributed by atoms with E-state index in [4.69, 9.17) is 4.74 Å². The van der Waals surface area contributed by atoms with E-state index in [1.165, 1.54) is 27.8 Å². The second-order valence-electron chi connectivity index (χ2n) is 5.47. The number of ether oxygens (including phenoxy) is 1. The quantitative estimate of drug-likeness (QED) is 0.920. The van der Waals surface area contributed by atoms with Crippen LogP contribution in [0.5, 0.6) is 0 Å². The van der Waals surface area contributed by atoms with Gasteiger partial charge in [0.25, 0.3) is 0 Å². The summed E-state index contributed by atoms with van der Waals surface area (Å²) in [5.74, 6) is 0. The lowest BCUT2D eigenvalue weighted by Crippen LogP contribution is -2.31. The van der Waals surface area contributed by atoms with E-state index in [0.717, 1.165) is 13.0 Å². The molecule has 1 aliphatic heterocycles. The molecule has 104 valence electrons. The average Bonchev–Trinajstić information content (AvgIpc) is 2.47. The van der Waals surface area contributed by atoms with E-state index in [1.807, 2.05) is 0 Å². The topological polar surface area (TPSA) is 21.3 Å². The number of hydrogen-bond acceptors (Lipinski definition) is 2. The molecule has 0 amide bonds. The highest BCUT2D eigenvalue weighted by Gasteiger charge is 2.22. The van der Waals surface area contributed by atoms with Crippen LogP contribution >= 0.6 is 0 Å². The monoisotopic (exact) mass is 267 g/mol. The van der Waals surface area contributed by atoms with Crippen molar-refractivity contribution in [3.63, 3.8) is 0 Å². The Morgan fingerprint density at radius 2 is 2.00 bits per heavy atom. The molecule has 1 N–H and O–H groups in total. The van der Waals surface area contributed by atoms with Crippen molar-refractivity contribution < 1.29 is 4.74 Å². The summed E-state index contributed by atoms with van der Waals surface area (Å²) in [5.41, 5.74) is 6.76. The minimum Gasteiger partial charge on any atom is -0.380 e. The fourth-order valence-corrected chi connectivity index (χ4v) is 3.08. The lowest BCUT2D eigenvalue weighted by Gasteiger charge is -2.29. The van der Waals surface area contributed by atoms with Crippen molar-refractivity contribution in [3.8, 4) is 0 Å². The van der Waals surface area contributed by atoms with Crippen LogP contribution in [0, 0.1) is 6.92 Å². The first-order valence-corrected chi connectivity index (χ1v) is 7.19. The Labute approximate surface area is 120 Å². The Morgan fingerprint density at radius 1 is 1.15 bits per heavy atom. The maximum absolute atomic E-state index is 5.37. The van der Waals surface area contributed by atoms with Gasteiger partial charge in [-0.15, -0.1) is 0 Å². The molecule has 0 fully saturated rings. The van der Waals surface area contributed by atoms with Gasteiger partial charge in [0, 0.05) is 13.7 Å². The summed E-state index contributed by atoms with van der Waals surface area (Å²) < 4.78 is 5.37. The van der Waals surface area contributed by atoms with Crippen LogP contribution < -0.4 is 5.32 Å². The first-order chi connectivity index (χ1) is 9.79. The normalized spacial score (nSPS) is 17.8. The SMILES string of the molecule is COCc1cc(C)ccc1C1NCCc2ccccc21. The molecule has 1 heterocycles. The molecule has 2 aromatic carbocycles. The van der Waals surface area contributed by atoms with E-state index >= 15 is 0 Å². The molecule has 1 atom stereocenters.